The van der Waals surface area contributed by atoms with E-state index >= 15 is 0 Å². The molecule has 1 aromatic rings. The van der Waals surface area contributed by atoms with Gasteiger partial charge >= 0.3 is 18.1 Å². The van der Waals surface area contributed by atoms with Crippen molar-refractivity contribution in [3.05, 3.63) is 30.1 Å². The quantitative estimate of drug-likeness (QED) is 0.458. The molecule has 1 unspecified atom stereocenters. The van der Waals surface area contributed by atoms with E-state index in [0.29, 0.717) is 6.92 Å². The Morgan fingerprint density at radius 2 is 1.73 bits per heavy atom. The molecule has 0 radical (unpaired) electrons. The van der Waals surface area contributed by atoms with Gasteiger partial charge in [-0.15, -0.1) is 0 Å². The zero-order valence-electron chi connectivity index (χ0n) is 11.7. The average molecular weight is 322 g/mol. The lowest BCUT2D eigenvalue weighted by molar-refractivity contribution is -0.216. The van der Waals surface area contributed by atoms with E-state index in [4.69, 9.17) is 4.74 Å². The van der Waals surface area contributed by atoms with E-state index in [2.05, 4.69) is 4.74 Å². The van der Waals surface area contributed by atoms with Gasteiger partial charge in [-0.05, 0) is 25.5 Å². The van der Waals surface area contributed by atoms with Crippen molar-refractivity contribution in [2.45, 2.75) is 38.5 Å². The molecule has 8 heteroatoms. The Morgan fingerprint density at radius 1 is 1.14 bits per heavy atom. The van der Waals surface area contributed by atoms with E-state index in [9.17, 15) is 27.2 Å². The summed E-state index contributed by atoms with van der Waals surface area (Å²) in [5.74, 6) is -2.82. The number of para-hydroxylation sites is 1. The maximum atomic E-state index is 13.2. The van der Waals surface area contributed by atoms with Gasteiger partial charge in [0, 0.05) is 12.8 Å². The highest BCUT2D eigenvalue weighted by Crippen LogP contribution is 2.23. The van der Waals surface area contributed by atoms with E-state index in [1.165, 1.54) is 18.2 Å². The highest BCUT2D eigenvalue weighted by molar-refractivity contribution is 5.74. The molecule has 1 aromatic carbocycles. The van der Waals surface area contributed by atoms with Crippen LogP contribution in [0.4, 0.5) is 17.6 Å². The number of carbonyl (C=O) groups is 2. The molecular formula is C14H14F4O4. The third-order valence-electron chi connectivity index (χ3n) is 2.59. The smallest absolute Gasteiger partial charge is 0.425 e. The van der Waals surface area contributed by atoms with Crippen molar-refractivity contribution in [3.63, 3.8) is 0 Å². The second-order valence-corrected chi connectivity index (χ2v) is 4.43. The van der Waals surface area contributed by atoms with Gasteiger partial charge in [-0.1, -0.05) is 12.1 Å². The first-order valence-electron chi connectivity index (χ1n) is 6.41. The topological polar surface area (TPSA) is 52.6 Å². The van der Waals surface area contributed by atoms with Crippen molar-refractivity contribution < 1.29 is 36.6 Å². The Bertz CT molecular complexity index is 528. The summed E-state index contributed by atoms with van der Waals surface area (Å²) in [5.41, 5.74) is 0. The maximum Gasteiger partial charge on any atom is 0.425 e. The summed E-state index contributed by atoms with van der Waals surface area (Å²) < 4.78 is 58.5. The Labute approximate surface area is 124 Å². The van der Waals surface area contributed by atoms with Crippen molar-refractivity contribution in [2.24, 2.45) is 0 Å². The van der Waals surface area contributed by atoms with E-state index < -0.39 is 30.0 Å². The van der Waals surface area contributed by atoms with Gasteiger partial charge in [-0.2, -0.15) is 13.2 Å². The molecule has 4 nitrogen and oxygen atoms in total. The molecule has 0 saturated heterocycles. The number of halogens is 4. The first-order chi connectivity index (χ1) is 10.2. The highest BCUT2D eigenvalue weighted by Gasteiger charge is 2.38. The molecule has 0 aliphatic rings. The number of ether oxygens (including phenoxy) is 2. The fraction of sp³-hybridized carbons (Fsp3) is 0.429. The van der Waals surface area contributed by atoms with Gasteiger partial charge in [0.25, 0.3) is 0 Å². The number of carbonyl (C=O) groups excluding carboxylic acids is 2. The Hall–Kier alpha value is -2.12. The lowest BCUT2D eigenvalue weighted by Gasteiger charge is -2.16. The summed E-state index contributed by atoms with van der Waals surface area (Å²) in [4.78, 5) is 22.6. The van der Waals surface area contributed by atoms with Crippen LogP contribution in [0.15, 0.2) is 24.3 Å². The molecule has 0 heterocycles. The number of rotatable bonds is 6. The Kier molecular flexibility index (Phi) is 6.33. The summed E-state index contributed by atoms with van der Waals surface area (Å²) in [6.07, 6.45) is -7.50. The van der Waals surface area contributed by atoms with Crippen LogP contribution in [0.1, 0.15) is 26.2 Å². The van der Waals surface area contributed by atoms with Crippen molar-refractivity contribution in [1.82, 2.24) is 0 Å². The number of esters is 2. The molecule has 0 aliphatic carbocycles. The van der Waals surface area contributed by atoms with Crippen LogP contribution in [0.2, 0.25) is 0 Å². The summed E-state index contributed by atoms with van der Waals surface area (Å²) in [6, 6.07) is 5.26. The van der Waals surface area contributed by atoms with Crippen LogP contribution in [0.25, 0.3) is 0 Å². The summed E-state index contributed by atoms with van der Waals surface area (Å²) >= 11 is 0. The van der Waals surface area contributed by atoms with Gasteiger partial charge in [0.05, 0.1) is 0 Å². The molecule has 22 heavy (non-hydrogen) atoms. The van der Waals surface area contributed by atoms with E-state index in [1.807, 2.05) is 0 Å². The van der Waals surface area contributed by atoms with Crippen LogP contribution >= 0.6 is 0 Å². The standard InChI is InChI=1S/C14H14F4O4/c1-9(14(16,17)18)21-12(19)7-4-8-13(20)22-11-6-3-2-5-10(11)15/h2-3,5-6,9H,4,7-8H2,1H3. The van der Waals surface area contributed by atoms with E-state index in [0.717, 1.165) is 6.07 Å². The minimum Gasteiger partial charge on any atom is -0.453 e. The highest BCUT2D eigenvalue weighted by atomic mass is 19.4. The lowest BCUT2D eigenvalue weighted by Crippen LogP contribution is -2.30. The predicted octanol–water partition coefficient (Wildman–Crippen LogP) is 3.40. The van der Waals surface area contributed by atoms with Gasteiger partial charge in [0.1, 0.15) is 0 Å². The predicted molar refractivity (Wildman–Crippen MR) is 67.5 cm³/mol. The van der Waals surface area contributed by atoms with Crippen molar-refractivity contribution >= 4 is 11.9 Å². The summed E-state index contributed by atoms with van der Waals surface area (Å²) in [7, 11) is 0. The molecule has 0 amide bonds. The fourth-order valence-electron chi connectivity index (χ4n) is 1.40. The van der Waals surface area contributed by atoms with Gasteiger partial charge < -0.3 is 9.47 Å². The van der Waals surface area contributed by atoms with Crippen molar-refractivity contribution in [1.29, 1.82) is 0 Å². The number of benzene rings is 1. The molecule has 0 saturated carbocycles. The third kappa shape index (κ3) is 6.11. The zero-order chi connectivity index (χ0) is 16.8. The minimum absolute atomic E-state index is 0.0588. The monoisotopic (exact) mass is 322 g/mol. The lowest BCUT2D eigenvalue weighted by atomic mass is 10.2. The first kappa shape index (κ1) is 17.9. The molecule has 0 aromatic heterocycles. The van der Waals surface area contributed by atoms with Crippen LogP contribution in [-0.4, -0.2) is 24.2 Å². The van der Waals surface area contributed by atoms with Crippen LogP contribution in [0.5, 0.6) is 5.75 Å². The molecule has 0 aliphatic heterocycles. The first-order valence-corrected chi connectivity index (χ1v) is 6.41. The number of hydrogen-bond donors (Lipinski definition) is 0. The molecular weight excluding hydrogens is 308 g/mol. The molecule has 0 spiro atoms. The fourth-order valence-corrected chi connectivity index (χ4v) is 1.40. The molecule has 0 bridgehead atoms. The normalized spacial score (nSPS) is 12.6. The molecule has 1 atom stereocenters. The van der Waals surface area contributed by atoms with E-state index in [-0.39, 0.29) is 25.0 Å². The maximum absolute atomic E-state index is 13.2. The van der Waals surface area contributed by atoms with Gasteiger partial charge in [-0.3, -0.25) is 9.59 Å². The van der Waals surface area contributed by atoms with Crippen LogP contribution in [0.3, 0.4) is 0 Å². The van der Waals surface area contributed by atoms with E-state index in [1.54, 1.807) is 0 Å². The zero-order valence-corrected chi connectivity index (χ0v) is 11.7. The van der Waals surface area contributed by atoms with Gasteiger partial charge in [0.15, 0.2) is 17.7 Å². The van der Waals surface area contributed by atoms with Crippen LogP contribution in [-0.2, 0) is 14.3 Å². The van der Waals surface area contributed by atoms with Crippen molar-refractivity contribution in [2.75, 3.05) is 0 Å². The summed E-state index contributed by atoms with van der Waals surface area (Å²) in [5, 5.41) is 0. The third-order valence-corrected chi connectivity index (χ3v) is 2.59. The second kappa shape index (κ2) is 7.77. The minimum atomic E-state index is -4.63. The second-order valence-electron chi connectivity index (χ2n) is 4.43. The van der Waals surface area contributed by atoms with Crippen LogP contribution < -0.4 is 4.74 Å². The number of hydrogen-bond acceptors (Lipinski definition) is 4. The molecule has 0 fully saturated rings. The molecule has 1 rings (SSSR count). The average Bonchev–Trinajstić information content (AvgIpc) is 2.40. The molecule has 122 valence electrons. The number of alkyl halides is 3. The van der Waals surface area contributed by atoms with Gasteiger partial charge in [0.2, 0.25) is 0 Å². The Morgan fingerprint density at radius 3 is 2.32 bits per heavy atom. The Balaban J connectivity index is 2.31. The van der Waals surface area contributed by atoms with Crippen molar-refractivity contribution in [3.8, 4) is 5.75 Å². The SMILES string of the molecule is CC(OC(=O)CCCC(=O)Oc1ccccc1F)C(F)(F)F. The molecule has 0 N–H and O–H groups in total. The van der Waals surface area contributed by atoms with Gasteiger partial charge in [-0.25, -0.2) is 4.39 Å². The summed E-state index contributed by atoms with van der Waals surface area (Å²) in [6.45, 7) is 0.713. The van der Waals surface area contributed by atoms with Crippen LogP contribution in [0, 0.1) is 5.82 Å². The largest absolute Gasteiger partial charge is 0.453 e.